The molecule has 0 bridgehead atoms. The maximum absolute atomic E-state index is 12.3. The highest BCUT2D eigenvalue weighted by Gasteiger charge is 2.22. The Morgan fingerprint density at radius 3 is 2.46 bits per heavy atom. The number of carbonyl (C=O) groups excluding carboxylic acids is 1. The van der Waals surface area contributed by atoms with Gasteiger partial charge in [-0.2, -0.15) is 0 Å². The lowest BCUT2D eigenvalue weighted by molar-refractivity contribution is -0.133. The van der Waals surface area contributed by atoms with Gasteiger partial charge in [0.05, 0.1) is 0 Å². The number of carbonyl (C=O) groups is 1. The van der Waals surface area contributed by atoms with Crippen LogP contribution in [0.25, 0.3) is 0 Å². The molecule has 0 unspecified atom stereocenters. The van der Waals surface area contributed by atoms with E-state index in [9.17, 15) is 4.79 Å². The molecular weight excluding hydrogens is 304 g/mol. The predicted octanol–water partition coefficient (Wildman–Crippen LogP) is 1.82. The number of rotatable bonds is 4. The molecular formula is C18H22N4O2. The second-order valence-corrected chi connectivity index (χ2v) is 5.95. The molecule has 126 valence electrons. The Labute approximate surface area is 142 Å². The molecule has 1 aliphatic heterocycles. The highest BCUT2D eigenvalue weighted by atomic mass is 16.5. The van der Waals surface area contributed by atoms with Crippen molar-refractivity contribution in [2.24, 2.45) is 0 Å². The van der Waals surface area contributed by atoms with Gasteiger partial charge in [-0.25, -0.2) is 9.97 Å². The number of piperazine rings is 1. The quantitative estimate of drug-likeness (QED) is 0.858. The molecule has 2 aromatic rings. The van der Waals surface area contributed by atoms with Gasteiger partial charge in [-0.05, 0) is 43.2 Å². The number of hydrogen-bond donors (Lipinski definition) is 0. The fourth-order valence-corrected chi connectivity index (χ4v) is 2.65. The lowest BCUT2D eigenvalue weighted by atomic mass is 10.1. The highest BCUT2D eigenvalue weighted by molar-refractivity contribution is 5.78. The molecule has 0 aliphatic carbocycles. The second-order valence-electron chi connectivity index (χ2n) is 5.95. The van der Waals surface area contributed by atoms with Crippen LogP contribution in [-0.4, -0.2) is 53.6 Å². The minimum absolute atomic E-state index is 0.0156. The van der Waals surface area contributed by atoms with E-state index in [0.29, 0.717) is 13.1 Å². The highest BCUT2D eigenvalue weighted by Crippen LogP contribution is 2.16. The molecule has 1 aromatic heterocycles. The molecule has 0 spiro atoms. The van der Waals surface area contributed by atoms with Crippen molar-refractivity contribution in [3.05, 3.63) is 47.8 Å². The summed E-state index contributed by atoms with van der Waals surface area (Å²) in [6, 6.07) is 7.68. The van der Waals surface area contributed by atoms with Crippen LogP contribution in [0.3, 0.4) is 0 Å². The first kappa shape index (κ1) is 16.2. The average molecular weight is 326 g/mol. The third kappa shape index (κ3) is 3.82. The van der Waals surface area contributed by atoms with Crippen LogP contribution >= 0.6 is 0 Å². The van der Waals surface area contributed by atoms with E-state index in [1.54, 1.807) is 18.5 Å². The molecule has 0 atom stereocenters. The number of aryl methyl sites for hydroxylation is 2. The van der Waals surface area contributed by atoms with Crippen molar-refractivity contribution in [2.45, 2.75) is 13.8 Å². The summed E-state index contributed by atoms with van der Waals surface area (Å²) in [7, 11) is 0. The van der Waals surface area contributed by atoms with Gasteiger partial charge in [0.1, 0.15) is 5.75 Å². The fraction of sp³-hybridized carbons (Fsp3) is 0.389. The van der Waals surface area contributed by atoms with Gasteiger partial charge in [0.15, 0.2) is 6.61 Å². The Hall–Kier alpha value is -2.63. The molecule has 1 amide bonds. The van der Waals surface area contributed by atoms with E-state index in [4.69, 9.17) is 4.74 Å². The van der Waals surface area contributed by atoms with E-state index in [0.717, 1.165) is 30.4 Å². The van der Waals surface area contributed by atoms with E-state index in [2.05, 4.69) is 21.8 Å². The van der Waals surface area contributed by atoms with Crippen LogP contribution in [0, 0.1) is 13.8 Å². The van der Waals surface area contributed by atoms with Gasteiger partial charge in [0.2, 0.25) is 5.95 Å². The first-order valence-corrected chi connectivity index (χ1v) is 8.13. The van der Waals surface area contributed by atoms with Crippen molar-refractivity contribution in [3.63, 3.8) is 0 Å². The summed E-state index contributed by atoms with van der Waals surface area (Å²) < 4.78 is 5.64. The average Bonchev–Trinajstić information content (AvgIpc) is 2.63. The van der Waals surface area contributed by atoms with Crippen molar-refractivity contribution < 1.29 is 9.53 Å². The van der Waals surface area contributed by atoms with Gasteiger partial charge in [0.25, 0.3) is 5.91 Å². The summed E-state index contributed by atoms with van der Waals surface area (Å²) in [5.74, 6) is 1.47. The lowest BCUT2D eigenvalue weighted by Crippen LogP contribution is -2.50. The molecule has 6 heteroatoms. The number of ether oxygens (including phenoxy) is 1. The van der Waals surface area contributed by atoms with Gasteiger partial charge >= 0.3 is 0 Å². The predicted molar refractivity (Wildman–Crippen MR) is 92.2 cm³/mol. The van der Waals surface area contributed by atoms with Crippen molar-refractivity contribution in [3.8, 4) is 5.75 Å². The van der Waals surface area contributed by atoms with Crippen LogP contribution in [0.1, 0.15) is 11.1 Å². The molecule has 24 heavy (non-hydrogen) atoms. The molecule has 0 N–H and O–H groups in total. The van der Waals surface area contributed by atoms with Gasteiger partial charge in [-0.1, -0.05) is 6.07 Å². The minimum Gasteiger partial charge on any atom is -0.484 e. The van der Waals surface area contributed by atoms with E-state index in [-0.39, 0.29) is 12.5 Å². The van der Waals surface area contributed by atoms with Crippen LogP contribution in [0.2, 0.25) is 0 Å². The first-order chi connectivity index (χ1) is 11.6. The zero-order valence-electron chi connectivity index (χ0n) is 14.1. The monoisotopic (exact) mass is 326 g/mol. The molecule has 0 radical (unpaired) electrons. The Bertz CT molecular complexity index is 697. The Morgan fingerprint density at radius 1 is 1.08 bits per heavy atom. The van der Waals surface area contributed by atoms with Crippen molar-refractivity contribution in [1.82, 2.24) is 14.9 Å². The number of hydrogen-bond acceptors (Lipinski definition) is 5. The fourth-order valence-electron chi connectivity index (χ4n) is 2.65. The van der Waals surface area contributed by atoms with Gasteiger partial charge in [-0.3, -0.25) is 4.79 Å². The van der Waals surface area contributed by atoms with Gasteiger partial charge in [-0.15, -0.1) is 0 Å². The van der Waals surface area contributed by atoms with Crippen LogP contribution in [-0.2, 0) is 4.79 Å². The van der Waals surface area contributed by atoms with Crippen LogP contribution in [0.5, 0.6) is 5.75 Å². The van der Waals surface area contributed by atoms with E-state index in [1.807, 2.05) is 30.0 Å². The largest absolute Gasteiger partial charge is 0.484 e. The number of aromatic nitrogens is 2. The van der Waals surface area contributed by atoms with Crippen LogP contribution in [0.15, 0.2) is 36.7 Å². The zero-order chi connectivity index (χ0) is 16.9. The van der Waals surface area contributed by atoms with Crippen molar-refractivity contribution in [1.29, 1.82) is 0 Å². The summed E-state index contributed by atoms with van der Waals surface area (Å²) in [6.07, 6.45) is 3.47. The molecule has 1 aromatic carbocycles. The summed E-state index contributed by atoms with van der Waals surface area (Å²) in [6.45, 7) is 6.96. The number of amides is 1. The lowest BCUT2D eigenvalue weighted by Gasteiger charge is -2.34. The molecule has 1 fully saturated rings. The Kier molecular flexibility index (Phi) is 4.93. The maximum Gasteiger partial charge on any atom is 0.260 e. The minimum atomic E-state index is 0.0156. The van der Waals surface area contributed by atoms with E-state index >= 15 is 0 Å². The molecule has 1 saturated heterocycles. The SMILES string of the molecule is Cc1ccc(OCC(=O)N2CCN(c3ncccn3)CC2)cc1C. The third-order valence-electron chi connectivity index (χ3n) is 4.31. The number of anilines is 1. The van der Waals surface area contributed by atoms with Gasteiger partial charge in [0, 0.05) is 38.6 Å². The second kappa shape index (κ2) is 7.29. The normalized spacial score (nSPS) is 14.6. The van der Waals surface area contributed by atoms with Crippen LogP contribution < -0.4 is 9.64 Å². The summed E-state index contributed by atoms with van der Waals surface area (Å²) >= 11 is 0. The van der Waals surface area contributed by atoms with Crippen LogP contribution in [0.4, 0.5) is 5.95 Å². The number of nitrogens with zero attached hydrogens (tertiary/aromatic N) is 4. The van der Waals surface area contributed by atoms with Crippen molar-refractivity contribution in [2.75, 3.05) is 37.7 Å². The molecule has 3 rings (SSSR count). The Morgan fingerprint density at radius 2 is 1.79 bits per heavy atom. The number of benzene rings is 1. The Balaban J connectivity index is 1.49. The summed E-state index contributed by atoms with van der Waals surface area (Å²) in [5, 5.41) is 0. The van der Waals surface area contributed by atoms with Crippen molar-refractivity contribution >= 4 is 11.9 Å². The molecule has 0 saturated carbocycles. The summed E-state index contributed by atoms with van der Waals surface area (Å²) in [5.41, 5.74) is 2.38. The molecule has 2 heterocycles. The third-order valence-corrected chi connectivity index (χ3v) is 4.31. The standard InChI is InChI=1S/C18H22N4O2/c1-14-4-5-16(12-15(14)2)24-13-17(23)21-8-10-22(11-9-21)18-19-6-3-7-20-18/h3-7,12H,8-11,13H2,1-2H3. The molecule has 1 aliphatic rings. The van der Waals surface area contributed by atoms with Gasteiger partial charge < -0.3 is 14.5 Å². The van der Waals surface area contributed by atoms with E-state index in [1.165, 1.54) is 5.56 Å². The first-order valence-electron chi connectivity index (χ1n) is 8.13. The zero-order valence-corrected chi connectivity index (χ0v) is 14.1. The summed E-state index contributed by atoms with van der Waals surface area (Å²) in [4.78, 5) is 24.7. The smallest absolute Gasteiger partial charge is 0.260 e. The van der Waals surface area contributed by atoms with E-state index < -0.39 is 0 Å². The maximum atomic E-state index is 12.3. The molecule has 6 nitrogen and oxygen atoms in total. The topological polar surface area (TPSA) is 58.6 Å².